The third-order valence-corrected chi connectivity index (χ3v) is 4.23. The predicted molar refractivity (Wildman–Crippen MR) is 82.2 cm³/mol. The molecule has 2 aromatic heterocycles. The third-order valence-electron chi connectivity index (χ3n) is 3.40. The van der Waals surface area contributed by atoms with Gasteiger partial charge in [-0.15, -0.1) is 11.3 Å². The van der Waals surface area contributed by atoms with Gasteiger partial charge in [0.1, 0.15) is 17.0 Å². The van der Waals surface area contributed by atoms with Gasteiger partial charge in [0.15, 0.2) is 11.5 Å². The van der Waals surface area contributed by atoms with Crippen LogP contribution in [0.5, 0.6) is 11.5 Å². The number of aromatic nitrogens is 2. The molecule has 1 aromatic carbocycles. The smallest absolute Gasteiger partial charge is 0.231 e. The predicted octanol–water partition coefficient (Wildman–Crippen LogP) is 3.07. The molecule has 1 aliphatic heterocycles. The molecule has 0 radical (unpaired) electrons. The summed E-state index contributed by atoms with van der Waals surface area (Å²) in [5.41, 5.74) is 1.21. The molecular formula is C15H13N3O2S. The van der Waals surface area contributed by atoms with E-state index in [2.05, 4.69) is 21.4 Å². The van der Waals surface area contributed by atoms with Crippen LogP contribution in [-0.2, 0) is 6.42 Å². The van der Waals surface area contributed by atoms with E-state index >= 15 is 0 Å². The number of benzene rings is 1. The lowest BCUT2D eigenvalue weighted by Crippen LogP contribution is -2.06. The Morgan fingerprint density at radius 1 is 1.14 bits per heavy atom. The third kappa shape index (κ3) is 2.38. The second-order valence-electron chi connectivity index (χ2n) is 4.73. The Hall–Kier alpha value is -2.34. The number of hydrogen-bond acceptors (Lipinski definition) is 6. The number of fused-ring (bicyclic) bond motifs is 2. The van der Waals surface area contributed by atoms with Crippen LogP contribution < -0.4 is 14.8 Å². The van der Waals surface area contributed by atoms with Crippen LogP contribution in [-0.4, -0.2) is 23.3 Å². The Morgan fingerprint density at radius 2 is 2.10 bits per heavy atom. The number of nitrogens with one attached hydrogen (secondary N) is 1. The zero-order valence-electron chi connectivity index (χ0n) is 11.2. The maximum absolute atomic E-state index is 5.39. The average Bonchev–Trinajstić information content (AvgIpc) is 3.15. The second-order valence-corrected chi connectivity index (χ2v) is 5.62. The molecule has 0 atom stereocenters. The van der Waals surface area contributed by atoms with Gasteiger partial charge < -0.3 is 14.8 Å². The van der Waals surface area contributed by atoms with Gasteiger partial charge in [-0.25, -0.2) is 9.97 Å². The Morgan fingerprint density at radius 3 is 3.10 bits per heavy atom. The van der Waals surface area contributed by atoms with Crippen LogP contribution in [0.15, 0.2) is 36.0 Å². The van der Waals surface area contributed by atoms with Crippen LogP contribution in [0.2, 0.25) is 0 Å². The summed E-state index contributed by atoms with van der Waals surface area (Å²) < 4.78 is 10.7. The number of ether oxygens (including phenoxy) is 2. The van der Waals surface area contributed by atoms with Crippen LogP contribution in [0.25, 0.3) is 10.2 Å². The van der Waals surface area contributed by atoms with Gasteiger partial charge in [-0.05, 0) is 35.6 Å². The van der Waals surface area contributed by atoms with Crippen LogP contribution in [0, 0.1) is 0 Å². The number of thiophene rings is 1. The number of hydrogen-bond donors (Lipinski definition) is 1. The minimum Gasteiger partial charge on any atom is -0.454 e. The maximum Gasteiger partial charge on any atom is 0.231 e. The molecule has 0 fully saturated rings. The van der Waals surface area contributed by atoms with Crippen LogP contribution in [0.1, 0.15) is 5.56 Å². The van der Waals surface area contributed by atoms with Gasteiger partial charge >= 0.3 is 0 Å². The summed E-state index contributed by atoms with van der Waals surface area (Å²) in [6.45, 7) is 1.12. The summed E-state index contributed by atoms with van der Waals surface area (Å²) >= 11 is 1.62. The molecule has 0 aliphatic carbocycles. The summed E-state index contributed by atoms with van der Waals surface area (Å²) in [6.07, 6.45) is 2.49. The van der Waals surface area contributed by atoms with Gasteiger partial charge in [0, 0.05) is 6.54 Å². The topological polar surface area (TPSA) is 56.3 Å². The molecule has 0 saturated heterocycles. The van der Waals surface area contributed by atoms with Crippen molar-refractivity contribution < 1.29 is 9.47 Å². The van der Waals surface area contributed by atoms with E-state index in [0.717, 1.165) is 40.5 Å². The lowest BCUT2D eigenvalue weighted by Gasteiger charge is -2.07. The molecule has 1 N–H and O–H groups in total. The van der Waals surface area contributed by atoms with E-state index < -0.39 is 0 Å². The van der Waals surface area contributed by atoms with E-state index in [-0.39, 0.29) is 0 Å². The van der Waals surface area contributed by atoms with Gasteiger partial charge in [-0.3, -0.25) is 0 Å². The molecule has 0 saturated carbocycles. The minimum atomic E-state index is 0.314. The fraction of sp³-hybridized carbons (Fsp3) is 0.200. The van der Waals surface area contributed by atoms with E-state index in [1.54, 1.807) is 17.7 Å². The number of anilines is 1. The summed E-state index contributed by atoms with van der Waals surface area (Å²) in [5.74, 6) is 2.54. The van der Waals surface area contributed by atoms with E-state index in [1.165, 1.54) is 5.56 Å². The highest BCUT2D eigenvalue weighted by atomic mass is 32.1. The van der Waals surface area contributed by atoms with E-state index in [1.807, 2.05) is 23.6 Å². The highest BCUT2D eigenvalue weighted by Crippen LogP contribution is 2.32. The van der Waals surface area contributed by atoms with Crippen LogP contribution in [0.4, 0.5) is 5.82 Å². The van der Waals surface area contributed by atoms with Crippen molar-refractivity contribution in [3.05, 3.63) is 41.5 Å². The summed E-state index contributed by atoms with van der Waals surface area (Å²) in [6, 6.07) is 8.10. The first-order chi connectivity index (χ1) is 10.4. The average molecular weight is 299 g/mol. The molecule has 3 heterocycles. The Bertz CT molecular complexity index is 787. The Labute approximate surface area is 125 Å². The van der Waals surface area contributed by atoms with Gasteiger partial charge in [0.05, 0.1) is 5.39 Å². The van der Waals surface area contributed by atoms with Gasteiger partial charge in [-0.2, -0.15) is 0 Å². The quantitative estimate of drug-likeness (QED) is 0.802. The summed E-state index contributed by atoms with van der Waals surface area (Å²) in [4.78, 5) is 9.56. The maximum atomic E-state index is 5.39. The van der Waals surface area contributed by atoms with Gasteiger partial charge in [0.2, 0.25) is 6.79 Å². The van der Waals surface area contributed by atoms with Crippen molar-refractivity contribution in [1.29, 1.82) is 0 Å². The van der Waals surface area contributed by atoms with Crippen molar-refractivity contribution >= 4 is 27.4 Å². The minimum absolute atomic E-state index is 0.314. The number of rotatable bonds is 4. The molecule has 3 aromatic rings. The summed E-state index contributed by atoms with van der Waals surface area (Å²) in [7, 11) is 0. The molecule has 0 bridgehead atoms. The van der Waals surface area contributed by atoms with E-state index in [4.69, 9.17) is 9.47 Å². The highest BCUT2D eigenvalue weighted by Gasteiger charge is 2.13. The largest absolute Gasteiger partial charge is 0.454 e. The standard InChI is InChI=1S/C15H13N3O2S/c1-2-12-13(20-9-19-12)7-10(1)3-5-16-14-11-4-6-21-15(11)18-8-17-14/h1-2,4,6-8H,3,5,9H2,(H,16,17,18). The molecule has 0 unspecified atom stereocenters. The lowest BCUT2D eigenvalue weighted by atomic mass is 10.1. The fourth-order valence-electron chi connectivity index (χ4n) is 2.35. The van der Waals surface area contributed by atoms with Crippen molar-refractivity contribution in [3.8, 4) is 11.5 Å². The normalized spacial score (nSPS) is 12.8. The molecule has 106 valence electrons. The molecule has 4 rings (SSSR count). The number of nitrogens with zero attached hydrogens (tertiary/aromatic N) is 2. The van der Waals surface area contributed by atoms with E-state index in [0.29, 0.717) is 6.79 Å². The molecule has 1 aliphatic rings. The zero-order chi connectivity index (χ0) is 14.1. The van der Waals surface area contributed by atoms with Gasteiger partial charge in [0.25, 0.3) is 0 Å². The first-order valence-corrected chi connectivity index (χ1v) is 7.59. The Balaban J connectivity index is 1.44. The summed E-state index contributed by atoms with van der Waals surface area (Å²) in [5, 5.41) is 6.48. The monoisotopic (exact) mass is 299 g/mol. The van der Waals surface area contributed by atoms with Crippen molar-refractivity contribution in [1.82, 2.24) is 9.97 Å². The van der Waals surface area contributed by atoms with Crippen molar-refractivity contribution in [2.24, 2.45) is 0 Å². The highest BCUT2D eigenvalue weighted by molar-refractivity contribution is 7.16. The fourth-order valence-corrected chi connectivity index (χ4v) is 3.09. The molecule has 6 heteroatoms. The zero-order valence-corrected chi connectivity index (χ0v) is 12.0. The SMILES string of the molecule is c1nc(NCCc2ccc3c(c2)OCO3)c2ccsc2n1. The van der Waals surface area contributed by atoms with Crippen molar-refractivity contribution in [2.75, 3.05) is 18.7 Å². The van der Waals surface area contributed by atoms with Crippen LogP contribution in [0.3, 0.4) is 0 Å². The molecular weight excluding hydrogens is 286 g/mol. The molecule has 21 heavy (non-hydrogen) atoms. The van der Waals surface area contributed by atoms with Crippen molar-refractivity contribution in [3.63, 3.8) is 0 Å². The van der Waals surface area contributed by atoms with Crippen LogP contribution >= 0.6 is 11.3 Å². The van der Waals surface area contributed by atoms with E-state index in [9.17, 15) is 0 Å². The molecule has 5 nitrogen and oxygen atoms in total. The van der Waals surface area contributed by atoms with Crippen molar-refractivity contribution in [2.45, 2.75) is 6.42 Å². The Kier molecular flexibility index (Phi) is 3.08. The van der Waals surface area contributed by atoms with Gasteiger partial charge in [-0.1, -0.05) is 6.07 Å². The lowest BCUT2D eigenvalue weighted by molar-refractivity contribution is 0.174. The first kappa shape index (κ1) is 12.4. The molecule has 0 spiro atoms. The molecule has 0 amide bonds. The second kappa shape index (κ2) is 5.21. The first-order valence-electron chi connectivity index (χ1n) is 6.71.